The SMILES string of the molecule is C#CCCC(=O)NCC=C. The molecule has 0 fully saturated rings. The second-order valence-corrected chi connectivity index (χ2v) is 1.80. The molecule has 0 atom stereocenters. The van der Waals surface area contributed by atoms with Crippen LogP contribution < -0.4 is 5.32 Å². The molecule has 0 spiro atoms. The highest BCUT2D eigenvalue weighted by atomic mass is 16.1. The maximum absolute atomic E-state index is 10.7. The number of rotatable bonds is 4. The summed E-state index contributed by atoms with van der Waals surface area (Å²) in [6, 6.07) is 0. The van der Waals surface area contributed by atoms with E-state index in [2.05, 4.69) is 17.8 Å². The van der Waals surface area contributed by atoms with Crippen LogP contribution in [0.1, 0.15) is 12.8 Å². The first-order valence-corrected chi connectivity index (χ1v) is 3.12. The first-order chi connectivity index (χ1) is 4.81. The van der Waals surface area contributed by atoms with Crippen molar-refractivity contribution >= 4 is 5.91 Å². The summed E-state index contributed by atoms with van der Waals surface area (Å²) >= 11 is 0. The van der Waals surface area contributed by atoms with E-state index in [1.165, 1.54) is 0 Å². The van der Waals surface area contributed by atoms with Crippen molar-refractivity contribution in [2.75, 3.05) is 6.54 Å². The van der Waals surface area contributed by atoms with Crippen molar-refractivity contribution in [1.82, 2.24) is 5.32 Å². The monoisotopic (exact) mass is 137 g/mol. The van der Waals surface area contributed by atoms with Crippen molar-refractivity contribution in [2.24, 2.45) is 0 Å². The van der Waals surface area contributed by atoms with E-state index in [4.69, 9.17) is 6.42 Å². The molecule has 10 heavy (non-hydrogen) atoms. The Hall–Kier alpha value is -1.23. The fraction of sp³-hybridized carbons (Fsp3) is 0.375. The molecule has 1 N–H and O–H groups in total. The normalized spacial score (nSPS) is 7.90. The molecule has 0 radical (unpaired) electrons. The third kappa shape index (κ3) is 4.92. The van der Waals surface area contributed by atoms with E-state index in [1.807, 2.05) is 0 Å². The van der Waals surface area contributed by atoms with E-state index in [0.29, 0.717) is 19.4 Å². The van der Waals surface area contributed by atoms with Crippen LogP contribution in [0.3, 0.4) is 0 Å². The largest absolute Gasteiger partial charge is 0.353 e. The zero-order chi connectivity index (χ0) is 7.82. The van der Waals surface area contributed by atoms with Gasteiger partial charge in [-0.25, -0.2) is 0 Å². The molecule has 0 aromatic rings. The highest BCUT2D eigenvalue weighted by Gasteiger charge is 1.94. The molecule has 0 saturated heterocycles. The predicted octanol–water partition coefficient (Wildman–Crippen LogP) is 0.702. The Morgan fingerprint density at radius 2 is 2.50 bits per heavy atom. The molecule has 0 aliphatic carbocycles. The number of amides is 1. The third-order valence-electron chi connectivity index (χ3n) is 0.940. The summed E-state index contributed by atoms with van der Waals surface area (Å²) in [5.74, 6) is 2.37. The number of hydrogen-bond donors (Lipinski definition) is 1. The van der Waals surface area contributed by atoms with Gasteiger partial charge in [0.25, 0.3) is 0 Å². The second-order valence-electron chi connectivity index (χ2n) is 1.80. The van der Waals surface area contributed by atoms with Gasteiger partial charge in [-0.15, -0.1) is 18.9 Å². The molecule has 0 aliphatic heterocycles. The highest BCUT2D eigenvalue weighted by molar-refractivity contribution is 5.76. The fourth-order valence-electron chi connectivity index (χ4n) is 0.460. The number of carbonyl (C=O) groups excluding carboxylic acids is 1. The minimum atomic E-state index is -0.0159. The topological polar surface area (TPSA) is 29.1 Å². The summed E-state index contributed by atoms with van der Waals surface area (Å²) in [5, 5.41) is 2.61. The summed E-state index contributed by atoms with van der Waals surface area (Å²) in [6.45, 7) is 3.98. The van der Waals surface area contributed by atoms with Gasteiger partial charge in [0.05, 0.1) is 0 Å². The van der Waals surface area contributed by atoms with Gasteiger partial charge >= 0.3 is 0 Å². The van der Waals surface area contributed by atoms with Gasteiger partial charge in [-0.1, -0.05) is 6.08 Å². The first-order valence-electron chi connectivity index (χ1n) is 3.12. The average molecular weight is 137 g/mol. The average Bonchev–Trinajstić information content (AvgIpc) is 1.97. The van der Waals surface area contributed by atoms with Gasteiger partial charge in [0.1, 0.15) is 0 Å². The Morgan fingerprint density at radius 1 is 1.80 bits per heavy atom. The van der Waals surface area contributed by atoms with Crippen molar-refractivity contribution < 1.29 is 4.79 Å². The Balaban J connectivity index is 3.27. The summed E-state index contributed by atoms with van der Waals surface area (Å²) in [4.78, 5) is 10.7. The number of nitrogens with one attached hydrogen (secondary N) is 1. The van der Waals surface area contributed by atoms with Crippen LogP contribution in [-0.4, -0.2) is 12.5 Å². The van der Waals surface area contributed by atoms with E-state index in [-0.39, 0.29) is 5.91 Å². The zero-order valence-electron chi connectivity index (χ0n) is 5.89. The second kappa shape index (κ2) is 5.90. The van der Waals surface area contributed by atoms with Crippen LogP contribution in [0.25, 0.3) is 0 Å². The predicted molar refractivity (Wildman–Crippen MR) is 41.3 cm³/mol. The number of hydrogen-bond acceptors (Lipinski definition) is 1. The first kappa shape index (κ1) is 8.77. The van der Waals surface area contributed by atoms with Crippen molar-refractivity contribution in [2.45, 2.75) is 12.8 Å². The van der Waals surface area contributed by atoms with Crippen LogP contribution in [0.15, 0.2) is 12.7 Å². The molecule has 54 valence electrons. The van der Waals surface area contributed by atoms with Crippen LogP contribution in [0.4, 0.5) is 0 Å². The van der Waals surface area contributed by atoms with E-state index in [0.717, 1.165) is 0 Å². The maximum Gasteiger partial charge on any atom is 0.221 e. The molecule has 0 unspecified atom stereocenters. The Kier molecular flexibility index (Phi) is 5.17. The van der Waals surface area contributed by atoms with Crippen molar-refractivity contribution in [3.05, 3.63) is 12.7 Å². The molecule has 0 heterocycles. The minimum Gasteiger partial charge on any atom is -0.353 e. The highest BCUT2D eigenvalue weighted by Crippen LogP contribution is 1.84. The van der Waals surface area contributed by atoms with Gasteiger partial charge < -0.3 is 5.32 Å². The lowest BCUT2D eigenvalue weighted by Gasteiger charge is -1.97. The van der Waals surface area contributed by atoms with Gasteiger partial charge in [0.15, 0.2) is 0 Å². The summed E-state index contributed by atoms with van der Waals surface area (Å²) in [5.41, 5.74) is 0. The van der Waals surface area contributed by atoms with Crippen LogP contribution in [0.2, 0.25) is 0 Å². The molecule has 0 aliphatic rings. The molecule has 1 amide bonds. The van der Waals surface area contributed by atoms with Crippen molar-refractivity contribution in [1.29, 1.82) is 0 Å². The Labute approximate surface area is 61.3 Å². The molecular weight excluding hydrogens is 126 g/mol. The van der Waals surface area contributed by atoms with Gasteiger partial charge in [-0.05, 0) is 0 Å². The van der Waals surface area contributed by atoms with Gasteiger partial charge in [0, 0.05) is 19.4 Å². The maximum atomic E-state index is 10.7. The van der Waals surface area contributed by atoms with Crippen LogP contribution in [-0.2, 0) is 4.79 Å². The molecule has 0 aromatic heterocycles. The zero-order valence-corrected chi connectivity index (χ0v) is 5.89. The molecule has 2 heteroatoms. The van der Waals surface area contributed by atoms with E-state index in [9.17, 15) is 4.79 Å². The van der Waals surface area contributed by atoms with Gasteiger partial charge in [-0.2, -0.15) is 0 Å². The third-order valence-corrected chi connectivity index (χ3v) is 0.940. The van der Waals surface area contributed by atoms with Crippen LogP contribution >= 0.6 is 0 Å². The summed E-state index contributed by atoms with van der Waals surface area (Å²) < 4.78 is 0. The van der Waals surface area contributed by atoms with Crippen molar-refractivity contribution in [3.8, 4) is 12.3 Å². The molecular formula is C8H11NO. The summed E-state index contributed by atoms with van der Waals surface area (Å²) in [7, 11) is 0. The van der Waals surface area contributed by atoms with E-state index in [1.54, 1.807) is 6.08 Å². The lowest BCUT2D eigenvalue weighted by atomic mass is 10.3. The van der Waals surface area contributed by atoms with Gasteiger partial charge in [-0.3, -0.25) is 4.79 Å². The smallest absolute Gasteiger partial charge is 0.221 e. The van der Waals surface area contributed by atoms with E-state index >= 15 is 0 Å². The van der Waals surface area contributed by atoms with E-state index < -0.39 is 0 Å². The molecule has 0 saturated carbocycles. The minimum absolute atomic E-state index is 0.0159. The van der Waals surface area contributed by atoms with Crippen LogP contribution in [0, 0.1) is 12.3 Å². The Morgan fingerprint density at radius 3 is 3.00 bits per heavy atom. The molecule has 0 bridgehead atoms. The fourth-order valence-corrected chi connectivity index (χ4v) is 0.460. The van der Waals surface area contributed by atoms with Gasteiger partial charge in [0.2, 0.25) is 5.91 Å². The number of terminal acetylenes is 1. The quantitative estimate of drug-likeness (QED) is 0.448. The van der Waals surface area contributed by atoms with Crippen molar-refractivity contribution in [3.63, 3.8) is 0 Å². The summed E-state index contributed by atoms with van der Waals surface area (Å²) in [6.07, 6.45) is 7.50. The Bertz CT molecular complexity index is 155. The van der Waals surface area contributed by atoms with Crippen LogP contribution in [0.5, 0.6) is 0 Å². The standard InChI is InChI=1S/C8H11NO/c1-3-5-6-8(10)9-7-4-2/h1,4H,2,5-7H2,(H,9,10). The number of carbonyl (C=O) groups is 1. The molecule has 0 rings (SSSR count). The molecule has 0 aromatic carbocycles. The lowest BCUT2D eigenvalue weighted by Crippen LogP contribution is -2.22. The lowest BCUT2D eigenvalue weighted by molar-refractivity contribution is -0.120. The molecule has 2 nitrogen and oxygen atoms in total.